The highest BCUT2D eigenvalue weighted by Crippen LogP contribution is 2.22. The number of hydrogen-bond acceptors (Lipinski definition) is 3. The van der Waals surface area contributed by atoms with E-state index < -0.39 is 0 Å². The second-order valence-corrected chi connectivity index (χ2v) is 7.08. The van der Waals surface area contributed by atoms with Crippen LogP contribution in [0.4, 0.5) is 0 Å². The van der Waals surface area contributed by atoms with Gasteiger partial charge >= 0.3 is 0 Å². The molecule has 0 aliphatic rings. The number of hydrogen-bond donors (Lipinski definition) is 2. The first-order valence-electron chi connectivity index (χ1n) is 8.13. The van der Waals surface area contributed by atoms with Crippen molar-refractivity contribution < 1.29 is 9.64 Å². The number of fused-ring (bicyclic) bond motifs is 1. The Morgan fingerprint density at radius 3 is 2.80 bits per heavy atom. The van der Waals surface area contributed by atoms with E-state index in [-0.39, 0.29) is 11.6 Å². The van der Waals surface area contributed by atoms with Crippen molar-refractivity contribution in [1.82, 2.24) is 9.97 Å². The Morgan fingerprint density at radius 1 is 1.28 bits per heavy atom. The van der Waals surface area contributed by atoms with Crippen LogP contribution in [-0.4, -0.2) is 24.1 Å². The molecule has 0 aliphatic carbocycles. The van der Waals surface area contributed by atoms with Crippen molar-refractivity contribution in [2.75, 3.05) is 14.2 Å². The largest absolute Gasteiger partial charge is 0.496 e. The van der Waals surface area contributed by atoms with E-state index in [0.717, 1.165) is 27.8 Å². The van der Waals surface area contributed by atoms with Gasteiger partial charge in [-0.15, -0.1) is 0 Å². The van der Waals surface area contributed by atoms with E-state index in [1.54, 1.807) is 13.2 Å². The maximum atomic E-state index is 12.3. The molecule has 6 heteroatoms. The second kappa shape index (κ2) is 7.37. The Balaban J connectivity index is 1.89. The van der Waals surface area contributed by atoms with E-state index in [0.29, 0.717) is 11.2 Å². The SMILES string of the molecule is COc1ccc(Br)cc1C[NH+](C)[C@@H](C)c1nc2ccccc2c(=O)[nH]1. The first kappa shape index (κ1) is 17.6. The lowest BCUT2D eigenvalue weighted by atomic mass is 10.1. The van der Waals surface area contributed by atoms with Gasteiger partial charge in [-0.05, 0) is 37.3 Å². The van der Waals surface area contributed by atoms with Gasteiger partial charge in [0, 0.05) is 10.0 Å². The standard InChI is InChI=1S/C19H20BrN3O2/c1-12(18-21-16-7-5-4-6-15(16)19(24)22-18)23(2)11-13-10-14(20)8-9-17(13)25-3/h4-10,12H,11H2,1-3H3,(H,21,22,24)/p+1/t12-/m0/s1. The van der Waals surface area contributed by atoms with E-state index in [4.69, 9.17) is 4.74 Å². The topological polar surface area (TPSA) is 59.4 Å². The molecule has 0 amide bonds. The molecule has 1 unspecified atom stereocenters. The molecule has 1 heterocycles. The number of aromatic amines is 1. The van der Waals surface area contributed by atoms with Gasteiger partial charge in [-0.3, -0.25) is 4.79 Å². The van der Waals surface area contributed by atoms with Crippen LogP contribution in [0.2, 0.25) is 0 Å². The number of methoxy groups -OCH3 is 1. The number of rotatable bonds is 5. The molecule has 0 fully saturated rings. The fourth-order valence-corrected chi connectivity index (χ4v) is 3.29. The van der Waals surface area contributed by atoms with Crippen molar-refractivity contribution in [3.8, 4) is 5.75 Å². The van der Waals surface area contributed by atoms with Crippen LogP contribution < -0.4 is 15.2 Å². The lowest BCUT2D eigenvalue weighted by molar-refractivity contribution is -0.924. The molecule has 25 heavy (non-hydrogen) atoms. The van der Waals surface area contributed by atoms with Gasteiger partial charge in [0.05, 0.1) is 25.1 Å². The highest BCUT2D eigenvalue weighted by Gasteiger charge is 2.20. The Hall–Kier alpha value is -2.18. The number of H-pyrrole nitrogens is 1. The molecule has 0 radical (unpaired) electrons. The van der Waals surface area contributed by atoms with Crippen LogP contribution in [0.5, 0.6) is 5.75 Å². The minimum absolute atomic E-state index is 0.0287. The van der Waals surface area contributed by atoms with Crippen LogP contribution in [0.25, 0.3) is 10.9 Å². The summed E-state index contributed by atoms with van der Waals surface area (Å²) >= 11 is 3.51. The lowest BCUT2D eigenvalue weighted by Crippen LogP contribution is -3.07. The van der Waals surface area contributed by atoms with Gasteiger partial charge in [0.15, 0.2) is 5.82 Å². The second-order valence-electron chi connectivity index (χ2n) is 6.17. The summed E-state index contributed by atoms with van der Waals surface area (Å²) in [6, 6.07) is 13.4. The monoisotopic (exact) mass is 402 g/mol. The molecule has 2 N–H and O–H groups in total. The summed E-state index contributed by atoms with van der Waals surface area (Å²) in [6.07, 6.45) is 0. The maximum absolute atomic E-state index is 12.3. The summed E-state index contributed by atoms with van der Waals surface area (Å²) in [5.74, 6) is 1.55. The fourth-order valence-electron chi connectivity index (χ4n) is 2.88. The third-order valence-corrected chi connectivity index (χ3v) is 4.99. The van der Waals surface area contributed by atoms with Gasteiger partial charge in [0.25, 0.3) is 5.56 Å². The number of aromatic nitrogens is 2. The summed E-state index contributed by atoms with van der Waals surface area (Å²) in [6.45, 7) is 2.81. The van der Waals surface area contributed by atoms with E-state index in [1.807, 2.05) is 30.3 Å². The minimum atomic E-state index is -0.0970. The Bertz CT molecular complexity index is 955. The number of nitrogens with one attached hydrogen (secondary N) is 2. The zero-order chi connectivity index (χ0) is 18.0. The van der Waals surface area contributed by atoms with Crippen molar-refractivity contribution in [2.45, 2.75) is 19.5 Å². The molecular formula is C19H21BrN3O2+. The van der Waals surface area contributed by atoms with E-state index >= 15 is 0 Å². The van der Waals surface area contributed by atoms with Gasteiger partial charge in [0.1, 0.15) is 18.3 Å². The third-order valence-electron chi connectivity index (χ3n) is 4.49. The summed E-state index contributed by atoms with van der Waals surface area (Å²) < 4.78 is 6.47. The average molecular weight is 403 g/mol. The third kappa shape index (κ3) is 3.75. The molecule has 5 nitrogen and oxygen atoms in total. The summed E-state index contributed by atoms with van der Waals surface area (Å²) in [7, 11) is 3.76. The quantitative estimate of drug-likeness (QED) is 0.688. The molecule has 2 atom stereocenters. The van der Waals surface area contributed by atoms with Crippen molar-refractivity contribution in [3.05, 3.63) is 68.7 Å². The van der Waals surface area contributed by atoms with Gasteiger partial charge < -0.3 is 14.6 Å². The van der Waals surface area contributed by atoms with Crippen LogP contribution in [0.3, 0.4) is 0 Å². The number of para-hydroxylation sites is 1. The molecule has 0 saturated heterocycles. The summed E-state index contributed by atoms with van der Waals surface area (Å²) in [4.78, 5) is 21.1. The van der Waals surface area contributed by atoms with E-state index in [2.05, 4.69) is 45.9 Å². The van der Waals surface area contributed by atoms with Crippen LogP contribution in [0.1, 0.15) is 24.4 Å². The Kier molecular flexibility index (Phi) is 5.20. The highest BCUT2D eigenvalue weighted by molar-refractivity contribution is 9.10. The average Bonchev–Trinajstić information content (AvgIpc) is 2.61. The summed E-state index contributed by atoms with van der Waals surface area (Å²) in [5, 5.41) is 0.616. The van der Waals surface area contributed by atoms with Crippen LogP contribution >= 0.6 is 15.9 Å². The fraction of sp³-hybridized carbons (Fsp3) is 0.263. The van der Waals surface area contributed by atoms with Crippen LogP contribution in [0.15, 0.2) is 51.7 Å². The molecule has 1 aromatic heterocycles. The van der Waals surface area contributed by atoms with Crippen LogP contribution in [-0.2, 0) is 6.54 Å². The number of quaternary nitrogens is 1. The molecule has 0 bridgehead atoms. The van der Waals surface area contributed by atoms with E-state index in [1.165, 1.54) is 4.90 Å². The predicted octanol–water partition coefficient (Wildman–Crippen LogP) is 2.47. The highest BCUT2D eigenvalue weighted by atomic mass is 79.9. The first-order valence-corrected chi connectivity index (χ1v) is 8.92. The minimum Gasteiger partial charge on any atom is -0.496 e. The van der Waals surface area contributed by atoms with Crippen LogP contribution in [0, 0.1) is 0 Å². The van der Waals surface area contributed by atoms with Gasteiger partial charge in [-0.1, -0.05) is 28.1 Å². The first-order chi connectivity index (χ1) is 12.0. The normalized spacial score (nSPS) is 13.6. The Morgan fingerprint density at radius 2 is 2.04 bits per heavy atom. The molecule has 2 aromatic carbocycles. The van der Waals surface area contributed by atoms with Gasteiger partial charge in [-0.2, -0.15) is 0 Å². The number of ether oxygens (including phenoxy) is 1. The molecule has 0 spiro atoms. The number of benzene rings is 2. The van der Waals surface area contributed by atoms with Crippen molar-refractivity contribution >= 4 is 26.8 Å². The molecule has 130 valence electrons. The summed E-state index contributed by atoms with van der Waals surface area (Å²) in [5.41, 5.74) is 1.73. The number of nitrogens with zero attached hydrogens (tertiary/aromatic N) is 1. The molecular weight excluding hydrogens is 382 g/mol. The van der Waals surface area contributed by atoms with Crippen molar-refractivity contribution in [3.63, 3.8) is 0 Å². The predicted molar refractivity (Wildman–Crippen MR) is 102 cm³/mol. The number of halogens is 1. The Labute approximate surface area is 154 Å². The molecule has 3 rings (SSSR count). The van der Waals surface area contributed by atoms with Crippen molar-refractivity contribution in [1.29, 1.82) is 0 Å². The molecule has 0 saturated carbocycles. The maximum Gasteiger partial charge on any atom is 0.258 e. The van der Waals surface area contributed by atoms with Gasteiger partial charge in [0.2, 0.25) is 0 Å². The van der Waals surface area contributed by atoms with E-state index in [9.17, 15) is 4.79 Å². The smallest absolute Gasteiger partial charge is 0.258 e. The zero-order valence-corrected chi connectivity index (χ0v) is 16.1. The zero-order valence-electron chi connectivity index (χ0n) is 14.5. The molecule has 3 aromatic rings. The van der Waals surface area contributed by atoms with Crippen molar-refractivity contribution in [2.24, 2.45) is 0 Å². The van der Waals surface area contributed by atoms with Gasteiger partial charge in [-0.25, -0.2) is 4.98 Å². The molecule has 0 aliphatic heterocycles. The lowest BCUT2D eigenvalue weighted by Gasteiger charge is -2.22.